The molecule has 2 aromatic carbocycles. The van der Waals surface area contributed by atoms with Gasteiger partial charge < -0.3 is 15.2 Å². The van der Waals surface area contributed by atoms with Gasteiger partial charge in [0.15, 0.2) is 0 Å². The summed E-state index contributed by atoms with van der Waals surface area (Å²) in [5.74, 6) is 0.312. The van der Waals surface area contributed by atoms with E-state index in [1.54, 1.807) is 43.5 Å². The smallest absolute Gasteiger partial charge is 0.261 e. The van der Waals surface area contributed by atoms with Crippen molar-refractivity contribution in [2.75, 3.05) is 13.7 Å². The van der Waals surface area contributed by atoms with Crippen molar-refractivity contribution in [2.45, 2.75) is 19.6 Å². The molecular formula is C20H21N3O4. The second-order valence-electron chi connectivity index (χ2n) is 6.24. The number of nitrogens with zero attached hydrogens (tertiary/aromatic N) is 2. The molecule has 0 radical (unpaired) electrons. The number of methoxy groups -OCH3 is 1. The summed E-state index contributed by atoms with van der Waals surface area (Å²) in [5.41, 5.74) is 1.93. The van der Waals surface area contributed by atoms with E-state index in [1.807, 2.05) is 13.0 Å². The first-order chi connectivity index (χ1) is 13.0. The fourth-order valence-corrected chi connectivity index (χ4v) is 2.82. The molecule has 0 aliphatic rings. The van der Waals surface area contributed by atoms with Crippen molar-refractivity contribution in [3.05, 3.63) is 70.3 Å². The Labute approximate surface area is 156 Å². The molecule has 140 valence electrons. The third kappa shape index (κ3) is 4.15. The third-order valence-electron chi connectivity index (χ3n) is 4.36. The minimum absolute atomic E-state index is 0.0417. The lowest BCUT2D eigenvalue weighted by Crippen LogP contribution is -2.34. The molecule has 1 amide bonds. The Kier molecular flexibility index (Phi) is 5.52. The first kappa shape index (κ1) is 18.6. The van der Waals surface area contributed by atoms with Gasteiger partial charge in [0.1, 0.15) is 12.3 Å². The van der Waals surface area contributed by atoms with Crippen LogP contribution in [0.25, 0.3) is 10.9 Å². The van der Waals surface area contributed by atoms with Gasteiger partial charge in [-0.2, -0.15) is 0 Å². The lowest BCUT2D eigenvalue weighted by molar-refractivity contribution is -0.122. The van der Waals surface area contributed by atoms with Crippen LogP contribution in [0.2, 0.25) is 0 Å². The van der Waals surface area contributed by atoms with Crippen molar-refractivity contribution in [3.8, 4) is 5.75 Å². The second-order valence-corrected chi connectivity index (χ2v) is 6.24. The number of rotatable bonds is 6. The average molecular weight is 367 g/mol. The zero-order valence-electron chi connectivity index (χ0n) is 15.2. The van der Waals surface area contributed by atoms with Gasteiger partial charge in [0.2, 0.25) is 5.91 Å². The molecule has 3 rings (SSSR count). The maximum absolute atomic E-state index is 12.5. The summed E-state index contributed by atoms with van der Waals surface area (Å²) < 4.78 is 6.33. The van der Waals surface area contributed by atoms with Crippen LogP contribution in [-0.2, 0) is 11.3 Å². The highest BCUT2D eigenvalue weighted by molar-refractivity contribution is 5.81. The van der Waals surface area contributed by atoms with E-state index < -0.39 is 6.10 Å². The predicted octanol–water partition coefficient (Wildman–Crippen LogP) is 1.56. The molecule has 7 heteroatoms. The van der Waals surface area contributed by atoms with Gasteiger partial charge in [-0.3, -0.25) is 14.2 Å². The standard InChI is InChI=1S/C20H21N3O4/c1-13-4-3-5-16-19(13)22-12-23(20(16)26)11-18(25)21-10-17(24)14-6-8-15(27-2)9-7-14/h3-9,12,17,24H,10-11H2,1-2H3,(H,21,25). The normalized spacial score (nSPS) is 12.0. The van der Waals surface area contributed by atoms with Crippen molar-refractivity contribution < 1.29 is 14.6 Å². The first-order valence-electron chi connectivity index (χ1n) is 8.53. The zero-order valence-corrected chi connectivity index (χ0v) is 15.2. The van der Waals surface area contributed by atoms with E-state index in [-0.39, 0.29) is 24.6 Å². The van der Waals surface area contributed by atoms with Gasteiger partial charge in [-0.1, -0.05) is 24.3 Å². The number of benzene rings is 2. The molecule has 1 atom stereocenters. The maximum Gasteiger partial charge on any atom is 0.261 e. The Morgan fingerprint density at radius 3 is 2.70 bits per heavy atom. The van der Waals surface area contributed by atoms with Gasteiger partial charge in [0, 0.05) is 6.54 Å². The van der Waals surface area contributed by atoms with Crippen molar-refractivity contribution in [1.82, 2.24) is 14.9 Å². The SMILES string of the molecule is COc1ccc(C(O)CNC(=O)Cn2cnc3c(C)cccc3c2=O)cc1. The fourth-order valence-electron chi connectivity index (χ4n) is 2.82. The number of hydrogen-bond donors (Lipinski definition) is 2. The summed E-state index contributed by atoms with van der Waals surface area (Å²) >= 11 is 0. The number of carbonyl (C=O) groups is 1. The van der Waals surface area contributed by atoms with Crippen LogP contribution < -0.4 is 15.6 Å². The molecule has 2 N–H and O–H groups in total. The molecule has 1 unspecified atom stereocenters. The number of amides is 1. The van der Waals surface area contributed by atoms with Crippen LogP contribution in [0.15, 0.2) is 53.6 Å². The van der Waals surface area contributed by atoms with Crippen molar-refractivity contribution in [1.29, 1.82) is 0 Å². The minimum Gasteiger partial charge on any atom is -0.497 e. The quantitative estimate of drug-likeness (QED) is 0.690. The van der Waals surface area contributed by atoms with Crippen LogP contribution in [0.4, 0.5) is 0 Å². The Hall–Kier alpha value is -3.19. The van der Waals surface area contributed by atoms with Crippen molar-refractivity contribution in [2.24, 2.45) is 0 Å². The average Bonchev–Trinajstić information content (AvgIpc) is 2.69. The van der Waals surface area contributed by atoms with E-state index in [9.17, 15) is 14.7 Å². The van der Waals surface area contributed by atoms with E-state index >= 15 is 0 Å². The molecular weight excluding hydrogens is 346 g/mol. The van der Waals surface area contributed by atoms with E-state index in [1.165, 1.54) is 10.9 Å². The molecule has 27 heavy (non-hydrogen) atoms. The molecule has 7 nitrogen and oxygen atoms in total. The van der Waals surface area contributed by atoms with Crippen LogP contribution >= 0.6 is 0 Å². The topological polar surface area (TPSA) is 93.4 Å². The molecule has 0 saturated heterocycles. The van der Waals surface area contributed by atoms with E-state index in [0.717, 1.165) is 5.56 Å². The molecule has 0 aliphatic heterocycles. The zero-order chi connectivity index (χ0) is 19.4. The molecule has 0 spiro atoms. The summed E-state index contributed by atoms with van der Waals surface area (Å²) in [5, 5.41) is 13.3. The summed E-state index contributed by atoms with van der Waals surface area (Å²) in [4.78, 5) is 29.0. The number of aliphatic hydroxyl groups is 1. The largest absolute Gasteiger partial charge is 0.497 e. The molecule has 1 aromatic heterocycles. The summed E-state index contributed by atoms with van der Waals surface area (Å²) in [6, 6.07) is 12.3. The number of carbonyl (C=O) groups excluding carboxylic acids is 1. The van der Waals surface area contributed by atoms with Crippen LogP contribution in [0, 0.1) is 6.92 Å². The van der Waals surface area contributed by atoms with Gasteiger partial charge in [-0.15, -0.1) is 0 Å². The number of fused-ring (bicyclic) bond motifs is 1. The Balaban J connectivity index is 1.64. The van der Waals surface area contributed by atoms with Gasteiger partial charge in [0.05, 0.1) is 30.4 Å². The monoisotopic (exact) mass is 367 g/mol. The third-order valence-corrected chi connectivity index (χ3v) is 4.36. The van der Waals surface area contributed by atoms with E-state index in [4.69, 9.17) is 4.74 Å². The highest BCUT2D eigenvalue weighted by atomic mass is 16.5. The van der Waals surface area contributed by atoms with Crippen LogP contribution in [0.3, 0.4) is 0 Å². The van der Waals surface area contributed by atoms with Gasteiger partial charge in [-0.25, -0.2) is 4.98 Å². The summed E-state index contributed by atoms with van der Waals surface area (Å²) in [6.45, 7) is 1.76. The Bertz CT molecular complexity index is 1010. The molecule has 1 heterocycles. The van der Waals surface area contributed by atoms with E-state index in [2.05, 4.69) is 10.3 Å². The number of ether oxygens (including phenoxy) is 1. The second kappa shape index (κ2) is 8.01. The van der Waals surface area contributed by atoms with Crippen LogP contribution in [0.1, 0.15) is 17.2 Å². The number of aromatic nitrogens is 2. The number of para-hydroxylation sites is 1. The number of aliphatic hydroxyl groups excluding tert-OH is 1. The predicted molar refractivity (Wildman–Crippen MR) is 102 cm³/mol. The number of nitrogens with one attached hydrogen (secondary N) is 1. The van der Waals surface area contributed by atoms with Crippen molar-refractivity contribution in [3.63, 3.8) is 0 Å². The highest BCUT2D eigenvalue weighted by Crippen LogP contribution is 2.17. The van der Waals surface area contributed by atoms with Crippen molar-refractivity contribution >= 4 is 16.8 Å². The van der Waals surface area contributed by atoms with Crippen LogP contribution in [0.5, 0.6) is 5.75 Å². The van der Waals surface area contributed by atoms with Gasteiger partial charge in [-0.05, 0) is 36.2 Å². The van der Waals surface area contributed by atoms with Crippen LogP contribution in [-0.4, -0.2) is 34.2 Å². The van der Waals surface area contributed by atoms with Gasteiger partial charge >= 0.3 is 0 Å². The summed E-state index contributed by atoms with van der Waals surface area (Å²) in [6.07, 6.45) is 0.519. The first-order valence-corrected chi connectivity index (χ1v) is 8.53. The molecule has 0 saturated carbocycles. The Morgan fingerprint density at radius 2 is 2.00 bits per heavy atom. The lowest BCUT2D eigenvalue weighted by Gasteiger charge is -2.13. The summed E-state index contributed by atoms with van der Waals surface area (Å²) in [7, 11) is 1.57. The lowest BCUT2D eigenvalue weighted by atomic mass is 10.1. The minimum atomic E-state index is -0.853. The molecule has 0 fully saturated rings. The molecule has 3 aromatic rings. The number of hydrogen-bond acceptors (Lipinski definition) is 5. The fraction of sp³-hybridized carbons (Fsp3) is 0.250. The maximum atomic E-state index is 12.5. The molecule has 0 aliphatic carbocycles. The number of aryl methyl sites for hydroxylation is 1. The van der Waals surface area contributed by atoms with E-state index in [0.29, 0.717) is 22.2 Å². The molecule has 0 bridgehead atoms. The van der Waals surface area contributed by atoms with Gasteiger partial charge in [0.25, 0.3) is 5.56 Å². The Morgan fingerprint density at radius 1 is 1.26 bits per heavy atom. The highest BCUT2D eigenvalue weighted by Gasteiger charge is 2.12.